The fourth-order valence-electron chi connectivity index (χ4n) is 2.71. The third-order valence-corrected chi connectivity index (χ3v) is 3.83. The van der Waals surface area contributed by atoms with Crippen molar-refractivity contribution < 1.29 is 5.11 Å². The number of hydrogen-bond acceptors (Lipinski definition) is 3. The minimum absolute atomic E-state index is 0.211. The van der Waals surface area contributed by atoms with Crippen molar-refractivity contribution in [3.8, 4) is 0 Å². The lowest BCUT2D eigenvalue weighted by Gasteiger charge is -2.28. The van der Waals surface area contributed by atoms with Crippen LogP contribution in [0.5, 0.6) is 0 Å². The zero-order chi connectivity index (χ0) is 9.86. The highest BCUT2D eigenvalue weighted by molar-refractivity contribution is 4.88. The molecule has 1 unspecified atom stereocenters. The zero-order valence-electron chi connectivity index (χ0n) is 8.89. The van der Waals surface area contributed by atoms with Gasteiger partial charge in [-0.3, -0.25) is 0 Å². The minimum atomic E-state index is 0.211. The second-order valence-corrected chi connectivity index (χ2v) is 4.94. The van der Waals surface area contributed by atoms with E-state index in [1.807, 2.05) is 0 Å². The monoisotopic (exact) mass is 198 g/mol. The summed E-state index contributed by atoms with van der Waals surface area (Å²) in [5.74, 6) is 0. The number of hydrogen-bond donors (Lipinski definition) is 3. The molecular formula is C11H22N2O. The summed E-state index contributed by atoms with van der Waals surface area (Å²) in [6.07, 6.45) is 6.24. The quantitative estimate of drug-likeness (QED) is 0.616. The Labute approximate surface area is 86.3 Å². The summed E-state index contributed by atoms with van der Waals surface area (Å²) < 4.78 is 0. The average Bonchev–Trinajstić information content (AvgIpc) is 2.87. The Kier molecular flexibility index (Phi) is 3.42. The summed E-state index contributed by atoms with van der Waals surface area (Å²) in [4.78, 5) is 0. The molecule has 3 nitrogen and oxygen atoms in total. The zero-order valence-corrected chi connectivity index (χ0v) is 8.89. The van der Waals surface area contributed by atoms with E-state index >= 15 is 0 Å². The summed E-state index contributed by atoms with van der Waals surface area (Å²) in [6, 6.07) is 0.638. The topological polar surface area (TPSA) is 44.3 Å². The van der Waals surface area contributed by atoms with Gasteiger partial charge in [0, 0.05) is 31.2 Å². The molecule has 3 heteroatoms. The number of aliphatic hydroxyl groups is 1. The number of aliphatic hydroxyl groups excluding tert-OH is 1. The second kappa shape index (κ2) is 4.60. The van der Waals surface area contributed by atoms with E-state index in [9.17, 15) is 5.11 Å². The molecule has 0 amide bonds. The van der Waals surface area contributed by atoms with E-state index in [1.165, 1.54) is 32.1 Å². The summed E-state index contributed by atoms with van der Waals surface area (Å²) in [7, 11) is 0. The van der Waals surface area contributed by atoms with Crippen molar-refractivity contribution in [3.63, 3.8) is 0 Å². The molecule has 0 bridgehead atoms. The Morgan fingerprint density at radius 2 is 2.14 bits per heavy atom. The van der Waals surface area contributed by atoms with E-state index in [0.29, 0.717) is 12.6 Å². The van der Waals surface area contributed by atoms with Gasteiger partial charge >= 0.3 is 0 Å². The molecule has 1 saturated heterocycles. The van der Waals surface area contributed by atoms with Crippen molar-refractivity contribution in [1.82, 2.24) is 10.6 Å². The Hall–Kier alpha value is -0.120. The van der Waals surface area contributed by atoms with E-state index in [1.54, 1.807) is 0 Å². The van der Waals surface area contributed by atoms with Crippen LogP contribution in [0.3, 0.4) is 0 Å². The molecule has 1 saturated carbocycles. The Morgan fingerprint density at radius 1 is 1.36 bits per heavy atom. The first-order valence-electron chi connectivity index (χ1n) is 5.90. The van der Waals surface area contributed by atoms with Crippen LogP contribution in [0.2, 0.25) is 0 Å². The van der Waals surface area contributed by atoms with Gasteiger partial charge in [0.05, 0.1) is 0 Å². The summed E-state index contributed by atoms with van der Waals surface area (Å²) in [5.41, 5.74) is 0.211. The fourth-order valence-corrected chi connectivity index (χ4v) is 2.71. The van der Waals surface area contributed by atoms with Gasteiger partial charge in [-0.1, -0.05) is 12.8 Å². The molecule has 1 aliphatic carbocycles. The third kappa shape index (κ3) is 2.27. The Balaban J connectivity index is 1.76. The van der Waals surface area contributed by atoms with Crippen molar-refractivity contribution in [3.05, 3.63) is 0 Å². The standard InChI is InChI=1S/C11H22N2O/c14-9-11(4-1-2-5-11)8-13-10-3-6-12-7-10/h10,12-14H,1-9H2. The van der Waals surface area contributed by atoms with Gasteiger partial charge in [-0.05, 0) is 25.8 Å². The lowest BCUT2D eigenvalue weighted by atomic mass is 9.87. The number of rotatable bonds is 4. The van der Waals surface area contributed by atoms with Gasteiger partial charge in [0.2, 0.25) is 0 Å². The molecular weight excluding hydrogens is 176 g/mol. The molecule has 2 fully saturated rings. The molecule has 3 N–H and O–H groups in total. The average molecular weight is 198 g/mol. The van der Waals surface area contributed by atoms with Crippen LogP contribution in [0, 0.1) is 5.41 Å². The molecule has 0 aromatic rings. The first-order chi connectivity index (χ1) is 6.85. The van der Waals surface area contributed by atoms with Gasteiger partial charge < -0.3 is 15.7 Å². The van der Waals surface area contributed by atoms with E-state index in [0.717, 1.165) is 19.6 Å². The summed E-state index contributed by atoms with van der Waals surface area (Å²) >= 11 is 0. The molecule has 82 valence electrons. The lowest BCUT2D eigenvalue weighted by molar-refractivity contribution is 0.125. The van der Waals surface area contributed by atoms with Crippen molar-refractivity contribution in [1.29, 1.82) is 0 Å². The van der Waals surface area contributed by atoms with Crippen molar-refractivity contribution in [2.75, 3.05) is 26.2 Å². The molecule has 1 atom stereocenters. The highest BCUT2D eigenvalue weighted by Crippen LogP contribution is 2.37. The van der Waals surface area contributed by atoms with Crippen LogP contribution in [-0.2, 0) is 0 Å². The van der Waals surface area contributed by atoms with Crippen LogP contribution in [0.15, 0.2) is 0 Å². The predicted molar refractivity (Wildman–Crippen MR) is 57.3 cm³/mol. The lowest BCUT2D eigenvalue weighted by Crippen LogP contribution is -2.41. The van der Waals surface area contributed by atoms with Gasteiger partial charge in [0.1, 0.15) is 0 Å². The van der Waals surface area contributed by atoms with Crippen molar-refractivity contribution in [2.45, 2.75) is 38.1 Å². The molecule has 0 radical (unpaired) electrons. The molecule has 0 aromatic heterocycles. The summed E-state index contributed by atoms with van der Waals surface area (Å²) in [6.45, 7) is 3.61. The normalized spacial score (nSPS) is 31.1. The van der Waals surface area contributed by atoms with Gasteiger partial charge in [0.15, 0.2) is 0 Å². The highest BCUT2D eigenvalue weighted by Gasteiger charge is 2.33. The van der Waals surface area contributed by atoms with Crippen LogP contribution in [0.1, 0.15) is 32.1 Å². The molecule has 0 aromatic carbocycles. The predicted octanol–water partition coefficient (Wildman–Crippen LogP) is 0.491. The number of nitrogens with one attached hydrogen (secondary N) is 2. The van der Waals surface area contributed by atoms with Crippen LogP contribution in [0.4, 0.5) is 0 Å². The molecule has 2 rings (SSSR count). The molecule has 2 aliphatic rings. The third-order valence-electron chi connectivity index (χ3n) is 3.83. The van der Waals surface area contributed by atoms with Crippen molar-refractivity contribution in [2.24, 2.45) is 5.41 Å². The minimum Gasteiger partial charge on any atom is -0.396 e. The Morgan fingerprint density at radius 3 is 2.71 bits per heavy atom. The van der Waals surface area contributed by atoms with Crippen LogP contribution in [0.25, 0.3) is 0 Å². The van der Waals surface area contributed by atoms with Crippen LogP contribution < -0.4 is 10.6 Å². The van der Waals surface area contributed by atoms with Crippen molar-refractivity contribution >= 4 is 0 Å². The maximum Gasteiger partial charge on any atom is 0.0499 e. The maximum absolute atomic E-state index is 9.43. The van der Waals surface area contributed by atoms with Crippen LogP contribution in [-0.4, -0.2) is 37.4 Å². The highest BCUT2D eigenvalue weighted by atomic mass is 16.3. The first kappa shape index (κ1) is 10.4. The second-order valence-electron chi connectivity index (χ2n) is 4.94. The Bertz CT molecular complexity index is 172. The van der Waals surface area contributed by atoms with Gasteiger partial charge in [-0.2, -0.15) is 0 Å². The fraction of sp³-hybridized carbons (Fsp3) is 1.00. The first-order valence-corrected chi connectivity index (χ1v) is 5.90. The SMILES string of the molecule is OCC1(CNC2CCNC2)CCCC1. The van der Waals surface area contributed by atoms with E-state index in [4.69, 9.17) is 0 Å². The van der Waals surface area contributed by atoms with Crippen LogP contribution >= 0.6 is 0 Å². The molecule has 14 heavy (non-hydrogen) atoms. The summed E-state index contributed by atoms with van der Waals surface area (Å²) in [5, 5.41) is 16.4. The maximum atomic E-state index is 9.43. The molecule has 1 aliphatic heterocycles. The van der Waals surface area contributed by atoms with Gasteiger partial charge in [-0.25, -0.2) is 0 Å². The molecule has 1 heterocycles. The van der Waals surface area contributed by atoms with E-state index < -0.39 is 0 Å². The van der Waals surface area contributed by atoms with Gasteiger partial charge in [0.25, 0.3) is 0 Å². The van der Waals surface area contributed by atoms with E-state index in [2.05, 4.69) is 10.6 Å². The molecule has 0 spiro atoms. The smallest absolute Gasteiger partial charge is 0.0499 e. The largest absolute Gasteiger partial charge is 0.396 e. The van der Waals surface area contributed by atoms with Gasteiger partial charge in [-0.15, -0.1) is 0 Å². The van der Waals surface area contributed by atoms with E-state index in [-0.39, 0.29) is 5.41 Å².